The van der Waals surface area contributed by atoms with Crippen molar-refractivity contribution < 1.29 is 27.2 Å². The lowest BCUT2D eigenvalue weighted by Crippen LogP contribution is -2.38. The van der Waals surface area contributed by atoms with Crippen LogP contribution in [0.25, 0.3) is 11.0 Å². The van der Waals surface area contributed by atoms with Crippen molar-refractivity contribution in [3.8, 4) is 5.75 Å². The van der Waals surface area contributed by atoms with Crippen LogP contribution in [0.3, 0.4) is 0 Å². The highest BCUT2D eigenvalue weighted by Crippen LogP contribution is 2.38. The highest BCUT2D eigenvalue weighted by molar-refractivity contribution is 5.85. The van der Waals surface area contributed by atoms with Gasteiger partial charge in [-0.2, -0.15) is 13.2 Å². The normalized spacial score (nSPS) is 11.6. The number of carbonyl (C=O) groups excluding carboxylic acids is 1. The minimum atomic E-state index is -4.57. The zero-order chi connectivity index (χ0) is 20.0. The van der Waals surface area contributed by atoms with E-state index in [4.69, 9.17) is 9.26 Å². The van der Waals surface area contributed by atoms with Crippen molar-refractivity contribution >= 4 is 17.0 Å². The second kappa shape index (κ2) is 8.96. The number of carbonyl (C=O) groups is 1. The number of rotatable bonds is 8. The summed E-state index contributed by atoms with van der Waals surface area (Å²) in [6.45, 7) is 5.22. The van der Waals surface area contributed by atoms with E-state index >= 15 is 0 Å². The first-order valence-corrected chi connectivity index (χ1v) is 8.91. The lowest BCUT2D eigenvalue weighted by Gasteiger charge is -2.20. The molecule has 0 saturated carbocycles. The number of nitrogens with zero attached hydrogens (tertiary/aromatic N) is 2. The monoisotopic (exact) mass is 387 g/mol. The Morgan fingerprint density at radius 3 is 2.67 bits per heavy atom. The standard InChI is InChI=1S/C18H24F3N3O3/c1-4-7-12-14(26-11-6-10-24(5-2)17(25)22-3)9-8-13-15(12)27-23-16(13)18(19,20)21/h8-9H,4-7,10-11H2,1-3H3,(H,22,25). The Morgan fingerprint density at radius 1 is 1.33 bits per heavy atom. The Bertz CT molecular complexity index is 774. The van der Waals surface area contributed by atoms with Gasteiger partial charge < -0.3 is 19.5 Å². The van der Waals surface area contributed by atoms with Gasteiger partial charge in [0.25, 0.3) is 0 Å². The van der Waals surface area contributed by atoms with Gasteiger partial charge in [0.05, 0.1) is 12.0 Å². The van der Waals surface area contributed by atoms with Gasteiger partial charge in [-0.15, -0.1) is 0 Å². The molecule has 27 heavy (non-hydrogen) atoms. The molecule has 0 spiro atoms. The minimum Gasteiger partial charge on any atom is -0.493 e. The number of benzene rings is 1. The fourth-order valence-corrected chi connectivity index (χ4v) is 2.87. The first-order chi connectivity index (χ1) is 12.8. The second-order valence-electron chi connectivity index (χ2n) is 6.03. The molecule has 9 heteroatoms. The summed E-state index contributed by atoms with van der Waals surface area (Å²) < 4.78 is 49.9. The van der Waals surface area contributed by atoms with Gasteiger partial charge in [-0.3, -0.25) is 0 Å². The van der Waals surface area contributed by atoms with Crippen molar-refractivity contribution in [2.75, 3.05) is 26.7 Å². The molecule has 0 aliphatic carbocycles. The molecule has 0 aliphatic rings. The molecule has 150 valence electrons. The Labute approximate surface area is 155 Å². The van der Waals surface area contributed by atoms with Crippen molar-refractivity contribution in [1.82, 2.24) is 15.4 Å². The van der Waals surface area contributed by atoms with Crippen LogP contribution in [0.5, 0.6) is 5.75 Å². The fraction of sp³-hybridized carbons (Fsp3) is 0.556. The number of nitrogens with one attached hydrogen (secondary N) is 1. The molecule has 0 atom stereocenters. The Hall–Kier alpha value is -2.45. The highest BCUT2D eigenvalue weighted by atomic mass is 19.4. The summed E-state index contributed by atoms with van der Waals surface area (Å²) in [5.41, 5.74) is -0.329. The number of hydrogen-bond donors (Lipinski definition) is 1. The topological polar surface area (TPSA) is 67.6 Å². The number of halogens is 3. The summed E-state index contributed by atoms with van der Waals surface area (Å²) in [5.74, 6) is 0.484. The number of amides is 2. The highest BCUT2D eigenvalue weighted by Gasteiger charge is 2.37. The molecule has 6 nitrogen and oxygen atoms in total. The smallest absolute Gasteiger partial charge is 0.437 e. The predicted octanol–water partition coefficient (Wildman–Crippen LogP) is 4.23. The average molecular weight is 387 g/mol. The summed E-state index contributed by atoms with van der Waals surface area (Å²) >= 11 is 0. The van der Waals surface area contributed by atoms with E-state index in [9.17, 15) is 18.0 Å². The zero-order valence-electron chi connectivity index (χ0n) is 15.7. The van der Waals surface area contributed by atoms with Gasteiger partial charge in [0, 0.05) is 25.7 Å². The Morgan fingerprint density at radius 2 is 2.07 bits per heavy atom. The van der Waals surface area contributed by atoms with Gasteiger partial charge in [0.1, 0.15) is 5.75 Å². The predicted molar refractivity (Wildman–Crippen MR) is 94.8 cm³/mol. The number of fused-ring (bicyclic) bond motifs is 1. The fourth-order valence-electron chi connectivity index (χ4n) is 2.87. The van der Waals surface area contributed by atoms with Gasteiger partial charge in [-0.05, 0) is 31.9 Å². The average Bonchev–Trinajstić information content (AvgIpc) is 3.07. The number of aromatic nitrogens is 1. The quantitative estimate of drug-likeness (QED) is 0.689. The van der Waals surface area contributed by atoms with E-state index in [1.807, 2.05) is 13.8 Å². The summed E-state index contributed by atoms with van der Waals surface area (Å²) in [5, 5.41) is 5.71. The molecular formula is C18H24F3N3O3. The van der Waals surface area contributed by atoms with Crippen LogP contribution < -0.4 is 10.1 Å². The molecular weight excluding hydrogens is 363 g/mol. The van der Waals surface area contributed by atoms with Crippen LogP contribution in [-0.2, 0) is 12.6 Å². The number of hydrogen-bond acceptors (Lipinski definition) is 4. The molecule has 1 aromatic carbocycles. The molecule has 1 heterocycles. The molecule has 2 rings (SSSR count). The summed E-state index contributed by atoms with van der Waals surface area (Å²) in [4.78, 5) is 13.3. The summed E-state index contributed by atoms with van der Waals surface area (Å²) in [6.07, 6.45) is -2.74. The van der Waals surface area contributed by atoms with Crippen LogP contribution >= 0.6 is 0 Å². The third-order valence-electron chi connectivity index (χ3n) is 4.18. The maximum Gasteiger partial charge on any atom is 0.437 e. The number of alkyl halides is 3. The molecule has 0 aliphatic heterocycles. The van der Waals surface area contributed by atoms with Crippen LogP contribution in [0.1, 0.15) is 37.9 Å². The maximum absolute atomic E-state index is 13.0. The molecule has 0 saturated heterocycles. The van der Waals surface area contributed by atoms with Gasteiger partial charge >= 0.3 is 12.2 Å². The van der Waals surface area contributed by atoms with E-state index in [1.54, 1.807) is 11.9 Å². The molecule has 2 aromatic rings. The van der Waals surface area contributed by atoms with Gasteiger partial charge in [0.15, 0.2) is 11.3 Å². The van der Waals surface area contributed by atoms with E-state index in [1.165, 1.54) is 12.1 Å². The number of aryl methyl sites for hydroxylation is 1. The maximum atomic E-state index is 13.0. The molecule has 0 bridgehead atoms. The Kier molecular flexibility index (Phi) is 6.92. The van der Waals surface area contributed by atoms with E-state index < -0.39 is 11.9 Å². The number of urea groups is 1. The van der Waals surface area contributed by atoms with Crippen molar-refractivity contribution in [3.63, 3.8) is 0 Å². The first-order valence-electron chi connectivity index (χ1n) is 8.91. The largest absolute Gasteiger partial charge is 0.493 e. The molecule has 2 amide bonds. The van der Waals surface area contributed by atoms with Crippen molar-refractivity contribution in [3.05, 3.63) is 23.4 Å². The molecule has 0 unspecified atom stereocenters. The van der Waals surface area contributed by atoms with Crippen LogP contribution in [0.2, 0.25) is 0 Å². The van der Waals surface area contributed by atoms with Crippen LogP contribution in [-0.4, -0.2) is 42.8 Å². The van der Waals surface area contributed by atoms with E-state index in [-0.39, 0.29) is 17.0 Å². The van der Waals surface area contributed by atoms with E-state index in [2.05, 4.69) is 10.5 Å². The van der Waals surface area contributed by atoms with E-state index in [0.29, 0.717) is 43.9 Å². The van der Waals surface area contributed by atoms with Crippen molar-refractivity contribution in [2.45, 2.75) is 39.3 Å². The lowest BCUT2D eigenvalue weighted by atomic mass is 10.0. The second-order valence-corrected chi connectivity index (χ2v) is 6.03. The molecule has 0 radical (unpaired) electrons. The number of ether oxygens (including phenoxy) is 1. The van der Waals surface area contributed by atoms with Crippen molar-refractivity contribution in [1.29, 1.82) is 0 Å². The van der Waals surface area contributed by atoms with Crippen LogP contribution in [0.15, 0.2) is 16.7 Å². The Balaban J connectivity index is 2.14. The van der Waals surface area contributed by atoms with E-state index in [0.717, 1.165) is 6.42 Å². The molecule has 0 fully saturated rings. The van der Waals surface area contributed by atoms with Gasteiger partial charge in [-0.1, -0.05) is 18.5 Å². The lowest BCUT2D eigenvalue weighted by molar-refractivity contribution is -0.141. The SMILES string of the molecule is CCCc1c(OCCCN(CC)C(=O)NC)ccc2c(C(F)(F)F)noc12. The molecule has 1 N–H and O–H groups in total. The van der Waals surface area contributed by atoms with Crippen molar-refractivity contribution in [2.24, 2.45) is 0 Å². The summed E-state index contributed by atoms with van der Waals surface area (Å²) in [7, 11) is 1.57. The van der Waals surface area contributed by atoms with Crippen LogP contribution in [0.4, 0.5) is 18.0 Å². The third kappa shape index (κ3) is 4.84. The summed E-state index contributed by atoms with van der Waals surface area (Å²) in [6, 6.07) is 2.69. The minimum absolute atomic E-state index is 0.0601. The molecule has 1 aromatic heterocycles. The van der Waals surface area contributed by atoms with Gasteiger partial charge in [-0.25, -0.2) is 4.79 Å². The van der Waals surface area contributed by atoms with Gasteiger partial charge in [0.2, 0.25) is 0 Å². The van der Waals surface area contributed by atoms with Crippen LogP contribution in [0, 0.1) is 0 Å². The first kappa shape index (κ1) is 20.9. The third-order valence-corrected chi connectivity index (χ3v) is 4.18. The zero-order valence-corrected chi connectivity index (χ0v) is 15.7.